The number of rotatable bonds is 5. The molecule has 0 aromatic heterocycles. The highest BCUT2D eigenvalue weighted by Crippen LogP contribution is 2.41. The molecule has 0 saturated heterocycles. The quantitative estimate of drug-likeness (QED) is 0.847. The third-order valence-electron chi connectivity index (χ3n) is 2.54. The van der Waals surface area contributed by atoms with Crippen molar-refractivity contribution in [2.75, 3.05) is 12.9 Å². The second kappa shape index (κ2) is 5.65. The molecule has 4 nitrogen and oxygen atoms in total. The summed E-state index contributed by atoms with van der Waals surface area (Å²) in [5.41, 5.74) is 0.304. The summed E-state index contributed by atoms with van der Waals surface area (Å²) in [6.07, 6.45) is -1.53. The molecule has 1 unspecified atom stereocenters. The van der Waals surface area contributed by atoms with Gasteiger partial charge in [-0.25, -0.2) is 8.42 Å². The number of alkyl halides is 2. The molecule has 0 fully saturated rings. The van der Waals surface area contributed by atoms with Crippen LogP contribution in [0.3, 0.4) is 0 Å². The lowest BCUT2D eigenvalue weighted by atomic mass is 10.1. The Labute approximate surface area is 116 Å². The first-order chi connectivity index (χ1) is 8.26. The van der Waals surface area contributed by atoms with Crippen molar-refractivity contribution in [2.45, 2.75) is 16.7 Å². The van der Waals surface area contributed by atoms with Crippen LogP contribution < -0.4 is 4.74 Å². The Balaban J connectivity index is 3.09. The molecule has 1 N–H and O–H groups in total. The van der Waals surface area contributed by atoms with Gasteiger partial charge in [-0.05, 0) is 17.7 Å². The van der Waals surface area contributed by atoms with Crippen LogP contribution in [0.15, 0.2) is 24.3 Å². The van der Waals surface area contributed by atoms with Crippen molar-refractivity contribution in [2.24, 2.45) is 0 Å². The van der Waals surface area contributed by atoms with Crippen molar-refractivity contribution in [1.29, 1.82) is 0 Å². The molecule has 1 atom stereocenters. The Hall–Kier alpha value is -0.490. The Morgan fingerprint density at radius 3 is 2.22 bits per heavy atom. The first-order valence-corrected chi connectivity index (χ1v) is 7.59. The maximum atomic E-state index is 11.7. The summed E-state index contributed by atoms with van der Waals surface area (Å²) >= 11 is 11.6. The van der Waals surface area contributed by atoms with Gasteiger partial charge in [0.2, 0.25) is 3.67 Å². The van der Waals surface area contributed by atoms with Gasteiger partial charge in [-0.2, -0.15) is 0 Å². The van der Waals surface area contributed by atoms with E-state index in [0.717, 1.165) is 0 Å². The molecule has 0 amide bonds. The van der Waals surface area contributed by atoms with Crippen LogP contribution in [0.25, 0.3) is 0 Å². The first kappa shape index (κ1) is 15.6. The van der Waals surface area contributed by atoms with Crippen molar-refractivity contribution in [1.82, 2.24) is 0 Å². The van der Waals surface area contributed by atoms with Gasteiger partial charge < -0.3 is 9.84 Å². The second-order valence-corrected chi connectivity index (χ2v) is 7.93. The van der Waals surface area contributed by atoms with E-state index in [1.165, 1.54) is 26.2 Å². The van der Waals surface area contributed by atoms with Crippen molar-refractivity contribution in [3.05, 3.63) is 29.8 Å². The summed E-state index contributed by atoms with van der Waals surface area (Å²) in [6, 6.07) is 6.18. The third kappa shape index (κ3) is 2.91. The molecule has 0 aliphatic rings. The maximum Gasteiger partial charge on any atom is 0.247 e. The predicted molar refractivity (Wildman–Crippen MR) is 71.9 cm³/mol. The lowest BCUT2D eigenvalue weighted by Gasteiger charge is -2.25. The zero-order chi connectivity index (χ0) is 14.0. The summed E-state index contributed by atoms with van der Waals surface area (Å²) in [4.78, 5) is 0. The summed E-state index contributed by atoms with van der Waals surface area (Å²) < 4.78 is 26.1. The van der Waals surface area contributed by atoms with Crippen molar-refractivity contribution in [3.8, 4) is 5.75 Å². The molecule has 0 radical (unpaired) electrons. The summed E-state index contributed by atoms with van der Waals surface area (Å²) in [5.74, 6) is 0.326. The lowest BCUT2D eigenvalue weighted by Crippen LogP contribution is -2.34. The summed E-state index contributed by atoms with van der Waals surface area (Å²) in [6.45, 7) is 1.41. The van der Waals surface area contributed by atoms with E-state index in [9.17, 15) is 13.5 Å². The van der Waals surface area contributed by atoms with Crippen LogP contribution in [-0.4, -0.2) is 30.1 Å². The van der Waals surface area contributed by atoms with E-state index < -0.39 is 19.6 Å². The average Bonchev–Trinajstić information content (AvgIpc) is 2.37. The van der Waals surface area contributed by atoms with E-state index in [1.807, 2.05) is 0 Å². The Morgan fingerprint density at radius 1 is 1.33 bits per heavy atom. The van der Waals surface area contributed by atoms with E-state index in [2.05, 4.69) is 0 Å². The molecule has 0 saturated carbocycles. The fraction of sp³-hybridized carbons (Fsp3) is 0.455. The van der Waals surface area contributed by atoms with E-state index in [4.69, 9.17) is 27.9 Å². The lowest BCUT2D eigenvalue weighted by molar-refractivity contribution is 0.181. The maximum absolute atomic E-state index is 11.7. The standard InChI is InChI=1S/C11H14Cl2O4S/c1-3-18(15,16)11(12,13)10(14)8-4-6-9(17-2)7-5-8/h4-7,10,14H,3H2,1-2H3. The summed E-state index contributed by atoms with van der Waals surface area (Å²) in [7, 11) is -2.31. The molecule has 0 aliphatic carbocycles. The largest absolute Gasteiger partial charge is 0.497 e. The number of aliphatic hydroxyl groups excluding tert-OH is 1. The van der Waals surface area contributed by atoms with Crippen LogP contribution in [-0.2, 0) is 9.84 Å². The molecule has 1 aromatic carbocycles. The number of sulfone groups is 1. The molecular weight excluding hydrogens is 299 g/mol. The van der Waals surface area contributed by atoms with Crippen LogP contribution in [0.2, 0.25) is 0 Å². The van der Waals surface area contributed by atoms with Gasteiger partial charge in [0.25, 0.3) is 0 Å². The molecule has 18 heavy (non-hydrogen) atoms. The van der Waals surface area contributed by atoms with E-state index in [-0.39, 0.29) is 5.75 Å². The van der Waals surface area contributed by atoms with Crippen molar-refractivity contribution >= 4 is 33.0 Å². The number of halogens is 2. The van der Waals surface area contributed by atoms with Crippen molar-refractivity contribution < 1.29 is 18.3 Å². The monoisotopic (exact) mass is 312 g/mol. The van der Waals surface area contributed by atoms with Gasteiger partial charge in [-0.3, -0.25) is 0 Å². The highest BCUT2D eigenvalue weighted by Gasteiger charge is 2.46. The Morgan fingerprint density at radius 2 is 1.83 bits per heavy atom. The second-order valence-electron chi connectivity index (χ2n) is 3.64. The van der Waals surface area contributed by atoms with Gasteiger partial charge in [0, 0.05) is 0 Å². The molecule has 0 heterocycles. The average molecular weight is 313 g/mol. The van der Waals surface area contributed by atoms with Gasteiger partial charge in [0.15, 0.2) is 9.84 Å². The van der Waals surface area contributed by atoms with E-state index in [0.29, 0.717) is 11.3 Å². The van der Waals surface area contributed by atoms with Crippen LogP contribution >= 0.6 is 23.2 Å². The van der Waals surface area contributed by atoms with E-state index in [1.54, 1.807) is 12.1 Å². The minimum atomic E-state index is -3.81. The molecule has 102 valence electrons. The summed E-state index contributed by atoms with van der Waals surface area (Å²) in [5, 5.41) is 9.99. The minimum Gasteiger partial charge on any atom is -0.497 e. The van der Waals surface area contributed by atoms with Gasteiger partial charge in [0.05, 0.1) is 12.9 Å². The highest BCUT2D eigenvalue weighted by atomic mass is 35.5. The van der Waals surface area contributed by atoms with Crippen LogP contribution in [0.1, 0.15) is 18.6 Å². The Bertz CT molecular complexity index is 496. The smallest absolute Gasteiger partial charge is 0.247 e. The highest BCUT2D eigenvalue weighted by molar-refractivity contribution is 7.95. The zero-order valence-corrected chi connectivity index (χ0v) is 12.3. The van der Waals surface area contributed by atoms with Gasteiger partial charge in [-0.1, -0.05) is 42.3 Å². The fourth-order valence-electron chi connectivity index (χ4n) is 1.34. The van der Waals surface area contributed by atoms with Gasteiger partial charge in [-0.15, -0.1) is 0 Å². The number of aliphatic hydroxyl groups is 1. The van der Waals surface area contributed by atoms with Crippen molar-refractivity contribution in [3.63, 3.8) is 0 Å². The van der Waals surface area contributed by atoms with Crippen LogP contribution in [0.4, 0.5) is 0 Å². The topological polar surface area (TPSA) is 63.6 Å². The molecular formula is C11H14Cl2O4S. The Kier molecular flexibility index (Phi) is 4.89. The van der Waals surface area contributed by atoms with Gasteiger partial charge in [0.1, 0.15) is 11.9 Å². The number of benzene rings is 1. The number of ether oxygens (including phenoxy) is 1. The molecule has 0 bridgehead atoms. The number of hydrogen-bond donors (Lipinski definition) is 1. The zero-order valence-electron chi connectivity index (χ0n) is 9.93. The van der Waals surface area contributed by atoms with Crippen LogP contribution in [0, 0.1) is 0 Å². The normalized spacial score (nSPS) is 14.3. The van der Waals surface area contributed by atoms with Crippen LogP contribution in [0.5, 0.6) is 5.75 Å². The molecule has 1 rings (SSSR count). The molecule has 7 heteroatoms. The molecule has 0 spiro atoms. The van der Waals surface area contributed by atoms with Gasteiger partial charge >= 0.3 is 0 Å². The molecule has 1 aromatic rings. The minimum absolute atomic E-state index is 0.257. The fourth-order valence-corrected chi connectivity index (χ4v) is 3.11. The predicted octanol–water partition coefficient (Wildman–Crippen LogP) is 2.29. The van der Waals surface area contributed by atoms with E-state index >= 15 is 0 Å². The first-order valence-electron chi connectivity index (χ1n) is 5.18. The third-order valence-corrected chi connectivity index (χ3v) is 6.18. The number of methoxy groups -OCH3 is 1. The SMILES string of the molecule is CCS(=O)(=O)C(Cl)(Cl)C(O)c1ccc(OC)cc1. The molecule has 0 aliphatic heterocycles. The number of hydrogen-bond acceptors (Lipinski definition) is 4.